The Morgan fingerprint density at radius 1 is 1.22 bits per heavy atom. The Hall–Kier alpha value is -0.0800. The van der Waals surface area contributed by atoms with Gasteiger partial charge in [-0.15, -0.1) is 0 Å². The van der Waals surface area contributed by atoms with Crippen molar-refractivity contribution < 1.29 is 0 Å². The zero-order valence-electron chi connectivity index (χ0n) is 13.2. The van der Waals surface area contributed by atoms with Gasteiger partial charge in [-0.05, 0) is 51.1 Å². The summed E-state index contributed by atoms with van der Waals surface area (Å²) in [5.41, 5.74) is 0. The van der Waals surface area contributed by atoms with Crippen LogP contribution in [0, 0.1) is 11.8 Å². The molecule has 0 aromatic rings. The second kappa shape index (κ2) is 8.16. The number of likely N-dealkylation sites (N-methyl/N-ethyl adjacent to an activating group) is 1. The van der Waals surface area contributed by atoms with Crippen molar-refractivity contribution in [1.29, 1.82) is 0 Å². The van der Waals surface area contributed by atoms with Crippen LogP contribution in [-0.4, -0.2) is 37.1 Å². The first-order chi connectivity index (χ1) is 8.58. The normalized spacial score (nSPS) is 29.2. The molecule has 1 aliphatic rings. The second-order valence-corrected chi connectivity index (χ2v) is 6.55. The maximum Gasteiger partial charge on any atom is 0.0249 e. The van der Waals surface area contributed by atoms with Crippen LogP contribution in [0.5, 0.6) is 0 Å². The lowest BCUT2D eigenvalue weighted by Crippen LogP contribution is -2.52. The molecule has 0 radical (unpaired) electrons. The third-order valence-corrected chi connectivity index (χ3v) is 4.38. The van der Waals surface area contributed by atoms with E-state index in [1.54, 1.807) is 0 Å². The van der Waals surface area contributed by atoms with Gasteiger partial charge in [0.25, 0.3) is 0 Å². The van der Waals surface area contributed by atoms with Gasteiger partial charge in [0.1, 0.15) is 0 Å². The van der Waals surface area contributed by atoms with Crippen LogP contribution in [0.2, 0.25) is 0 Å². The smallest absolute Gasteiger partial charge is 0.0249 e. The average Bonchev–Trinajstić information content (AvgIpc) is 2.35. The highest BCUT2D eigenvalue weighted by Crippen LogP contribution is 2.30. The summed E-state index contributed by atoms with van der Waals surface area (Å²) in [5, 5.41) is 3.78. The molecule has 0 aromatic heterocycles. The zero-order valence-corrected chi connectivity index (χ0v) is 13.2. The van der Waals surface area contributed by atoms with Crippen LogP contribution in [0.3, 0.4) is 0 Å². The molecular formula is C16H34N2. The standard InChI is InChI=1S/C16H34N2/c1-6-10-17-15-9-8-14(7-2)11-16(15)18(5)12-13(3)4/h13-17H,6-12H2,1-5H3. The molecule has 0 heterocycles. The van der Waals surface area contributed by atoms with Crippen LogP contribution >= 0.6 is 0 Å². The summed E-state index contributed by atoms with van der Waals surface area (Å²) in [6.45, 7) is 11.7. The third-order valence-electron chi connectivity index (χ3n) is 4.38. The van der Waals surface area contributed by atoms with E-state index in [1.807, 2.05) is 0 Å². The SMILES string of the molecule is CCCNC1CCC(CC)CC1N(C)CC(C)C. The lowest BCUT2D eigenvalue weighted by Gasteiger charge is -2.42. The van der Waals surface area contributed by atoms with Crippen molar-refractivity contribution in [3.8, 4) is 0 Å². The molecule has 0 aliphatic heterocycles. The molecule has 1 rings (SSSR count). The highest BCUT2D eigenvalue weighted by Gasteiger charge is 2.31. The van der Waals surface area contributed by atoms with E-state index in [4.69, 9.17) is 0 Å². The Morgan fingerprint density at radius 2 is 1.94 bits per heavy atom. The van der Waals surface area contributed by atoms with Gasteiger partial charge < -0.3 is 10.2 Å². The fourth-order valence-corrected chi connectivity index (χ4v) is 3.37. The lowest BCUT2D eigenvalue weighted by atomic mass is 9.80. The van der Waals surface area contributed by atoms with Crippen LogP contribution in [0.25, 0.3) is 0 Å². The molecule has 1 fully saturated rings. The number of rotatable bonds is 7. The van der Waals surface area contributed by atoms with E-state index in [0.717, 1.165) is 23.9 Å². The summed E-state index contributed by atoms with van der Waals surface area (Å²) < 4.78 is 0. The molecule has 2 heteroatoms. The van der Waals surface area contributed by atoms with Crippen LogP contribution in [0.15, 0.2) is 0 Å². The fraction of sp³-hybridized carbons (Fsp3) is 1.00. The van der Waals surface area contributed by atoms with E-state index < -0.39 is 0 Å². The van der Waals surface area contributed by atoms with E-state index in [-0.39, 0.29) is 0 Å². The van der Waals surface area contributed by atoms with Gasteiger partial charge in [-0.1, -0.05) is 34.1 Å². The molecule has 0 bridgehead atoms. The number of nitrogens with zero attached hydrogens (tertiary/aromatic N) is 1. The van der Waals surface area contributed by atoms with Crippen molar-refractivity contribution >= 4 is 0 Å². The van der Waals surface area contributed by atoms with E-state index in [1.165, 1.54) is 45.2 Å². The quantitative estimate of drug-likeness (QED) is 0.748. The molecule has 3 atom stereocenters. The molecule has 1 aliphatic carbocycles. The van der Waals surface area contributed by atoms with Gasteiger partial charge in [0, 0.05) is 18.6 Å². The Kier molecular flexibility index (Phi) is 7.25. The molecule has 0 aromatic carbocycles. The summed E-state index contributed by atoms with van der Waals surface area (Å²) in [7, 11) is 2.32. The zero-order chi connectivity index (χ0) is 13.5. The minimum absolute atomic E-state index is 0.719. The van der Waals surface area contributed by atoms with Crippen molar-refractivity contribution in [3.05, 3.63) is 0 Å². The molecule has 3 unspecified atom stereocenters. The summed E-state index contributed by atoms with van der Waals surface area (Å²) >= 11 is 0. The average molecular weight is 254 g/mol. The maximum atomic E-state index is 3.78. The van der Waals surface area contributed by atoms with Crippen molar-refractivity contribution in [3.63, 3.8) is 0 Å². The van der Waals surface area contributed by atoms with Gasteiger partial charge in [-0.25, -0.2) is 0 Å². The predicted molar refractivity (Wildman–Crippen MR) is 81.0 cm³/mol. The first kappa shape index (κ1) is 16.0. The van der Waals surface area contributed by atoms with Crippen LogP contribution in [-0.2, 0) is 0 Å². The lowest BCUT2D eigenvalue weighted by molar-refractivity contribution is 0.108. The molecule has 1 N–H and O–H groups in total. The second-order valence-electron chi connectivity index (χ2n) is 6.55. The van der Waals surface area contributed by atoms with Crippen molar-refractivity contribution in [1.82, 2.24) is 10.2 Å². The van der Waals surface area contributed by atoms with Crippen LogP contribution in [0.1, 0.15) is 59.8 Å². The minimum atomic E-state index is 0.719. The van der Waals surface area contributed by atoms with Gasteiger partial charge in [0.05, 0.1) is 0 Å². The first-order valence-corrected chi connectivity index (χ1v) is 8.02. The van der Waals surface area contributed by atoms with Crippen molar-refractivity contribution in [2.45, 2.75) is 71.9 Å². The Balaban J connectivity index is 2.57. The molecule has 1 saturated carbocycles. The predicted octanol–water partition coefficient (Wildman–Crippen LogP) is 3.52. The molecule has 0 amide bonds. The Morgan fingerprint density at radius 3 is 2.50 bits per heavy atom. The molecular weight excluding hydrogens is 220 g/mol. The number of nitrogens with one attached hydrogen (secondary N) is 1. The van der Waals surface area contributed by atoms with Gasteiger partial charge in [-0.3, -0.25) is 0 Å². The molecule has 18 heavy (non-hydrogen) atoms. The molecule has 108 valence electrons. The fourth-order valence-electron chi connectivity index (χ4n) is 3.37. The van der Waals surface area contributed by atoms with Crippen molar-refractivity contribution in [2.24, 2.45) is 11.8 Å². The van der Waals surface area contributed by atoms with Gasteiger partial charge in [-0.2, -0.15) is 0 Å². The molecule has 2 nitrogen and oxygen atoms in total. The summed E-state index contributed by atoms with van der Waals surface area (Å²) in [5.74, 6) is 1.72. The summed E-state index contributed by atoms with van der Waals surface area (Å²) in [6, 6.07) is 1.47. The Labute approximate surface area is 115 Å². The maximum absolute atomic E-state index is 3.78. The topological polar surface area (TPSA) is 15.3 Å². The molecule has 0 saturated heterocycles. The third kappa shape index (κ3) is 4.89. The van der Waals surface area contributed by atoms with E-state index >= 15 is 0 Å². The highest BCUT2D eigenvalue weighted by molar-refractivity contribution is 4.90. The van der Waals surface area contributed by atoms with Crippen LogP contribution < -0.4 is 5.32 Å². The minimum Gasteiger partial charge on any atom is -0.312 e. The Bertz CT molecular complexity index is 215. The first-order valence-electron chi connectivity index (χ1n) is 8.02. The van der Waals surface area contributed by atoms with Gasteiger partial charge in [0.2, 0.25) is 0 Å². The monoisotopic (exact) mass is 254 g/mol. The van der Waals surface area contributed by atoms with Gasteiger partial charge in [0.15, 0.2) is 0 Å². The largest absolute Gasteiger partial charge is 0.312 e. The van der Waals surface area contributed by atoms with Gasteiger partial charge >= 0.3 is 0 Å². The summed E-state index contributed by atoms with van der Waals surface area (Å²) in [4.78, 5) is 2.61. The van der Waals surface area contributed by atoms with E-state index in [2.05, 4.69) is 45.0 Å². The number of hydrogen-bond acceptors (Lipinski definition) is 2. The van der Waals surface area contributed by atoms with E-state index in [0.29, 0.717) is 0 Å². The molecule has 0 spiro atoms. The highest BCUT2D eigenvalue weighted by atomic mass is 15.2. The number of hydrogen-bond donors (Lipinski definition) is 1. The van der Waals surface area contributed by atoms with E-state index in [9.17, 15) is 0 Å². The van der Waals surface area contributed by atoms with Crippen LogP contribution in [0.4, 0.5) is 0 Å². The summed E-state index contributed by atoms with van der Waals surface area (Å²) in [6.07, 6.45) is 6.78. The van der Waals surface area contributed by atoms with Crippen molar-refractivity contribution in [2.75, 3.05) is 20.1 Å².